The number of anilines is 1. The molecule has 20 heavy (non-hydrogen) atoms. The summed E-state index contributed by atoms with van der Waals surface area (Å²) in [4.78, 5) is 11.3. The quantitative estimate of drug-likeness (QED) is 0.815. The minimum atomic E-state index is -3.68. The van der Waals surface area contributed by atoms with Crippen LogP contribution in [-0.4, -0.2) is 36.6 Å². The van der Waals surface area contributed by atoms with Gasteiger partial charge in [-0.05, 0) is 19.1 Å². The second kappa shape index (κ2) is 4.78. The van der Waals surface area contributed by atoms with Crippen molar-refractivity contribution in [1.29, 1.82) is 0 Å². The second-order valence-electron chi connectivity index (χ2n) is 4.45. The summed E-state index contributed by atoms with van der Waals surface area (Å²) in [7, 11) is 1.15. The average Bonchev–Trinajstić information content (AvgIpc) is 2.68. The highest BCUT2D eigenvalue weighted by Crippen LogP contribution is 2.42. The van der Waals surface area contributed by atoms with Crippen LogP contribution in [0.1, 0.15) is 6.92 Å². The summed E-state index contributed by atoms with van der Waals surface area (Å²) in [6.45, 7) is 1.11. The molecule has 1 unspecified atom stereocenters. The Balaban J connectivity index is 2.05. The van der Waals surface area contributed by atoms with E-state index in [1.807, 2.05) is 0 Å². The molecule has 0 aromatic heterocycles. The first-order valence-corrected chi connectivity index (χ1v) is 5.68. The van der Waals surface area contributed by atoms with Crippen LogP contribution in [-0.2, 0) is 9.53 Å². The lowest BCUT2D eigenvalue weighted by molar-refractivity contribution is -0.286. The summed E-state index contributed by atoms with van der Waals surface area (Å²) < 4.78 is 38.6. The van der Waals surface area contributed by atoms with E-state index in [2.05, 4.69) is 19.5 Å². The summed E-state index contributed by atoms with van der Waals surface area (Å²) in [5.41, 5.74) is -1.36. The van der Waals surface area contributed by atoms with Gasteiger partial charge in [-0.25, -0.2) is 4.79 Å². The number of alkyl halides is 2. The van der Waals surface area contributed by atoms with Gasteiger partial charge in [0.05, 0.1) is 13.7 Å². The Morgan fingerprint density at radius 1 is 1.45 bits per heavy atom. The molecule has 110 valence electrons. The fourth-order valence-corrected chi connectivity index (χ4v) is 1.63. The normalized spacial score (nSPS) is 18.2. The molecule has 6 nitrogen and oxygen atoms in total. The highest BCUT2D eigenvalue weighted by molar-refractivity contribution is 5.79. The number of halogens is 2. The van der Waals surface area contributed by atoms with E-state index in [-0.39, 0.29) is 18.0 Å². The minimum Gasteiger partial charge on any atom is -0.467 e. The molecule has 1 aliphatic heterocycles. The molecule has 0 saturated carbocycles. The highest BCUT2D eigenvalue weighted by Gasteiger charge is 2.43. The van der Waals surface area contributed by atoms with Crippen molar-refractivity contribution >= 4 is 11.7 Å². The number of carbonyl (C=O) groups is 1. The van der Waals surface area contributed by atoms with Crippen LogP contribution in [0, 0.1) is 0 Å². The van der Waals surface area contributed by atoms with E-state index in [1.54, 1.807) is 0 Å². The number of fused-ring (bicyclic) bond motifs is 1. The van der Waals surface area contributed by atoms with Crippen LogP contribution in [0.3, 0.4) is 0 Å². The zero-order chi connectivity index (χ0) is 15.0. The maximum Gasteiger partial charge on any atom is 0.586 e. The van der Waals surface area contributed by atoms with Crippen molar-refractivity contribution in [1.82, 2.24) is 0 Å². The van der Waals surface area contributed by atoms with Crippen LogP contribution in [0.15, 0.2) is 18.2 Å². The molecule has 0 fully saturated rings. The van der Waals surface area contributed by atoms with Crippen molar-refractivity contribution in [2.75, 3.05) is 19.0 Å². The third-order valence-corrected chi connectivity index (χ3v) is 2.66. The molecule has 0 saturated heterocycles. The standard InChI is InChI=1S/C12H13F2NO5/c1-11(17,10(16)18-2)6-15-7-3-4-8-9(5-7)20-12(13,14)19-8/h3-5,15,17H,6H2,1-2H3. The Morgan fingerprint density at radius 3 is 2.75 bits per heavy atom. The van der Waals surface area contributed by atoms with Crippen molar-refractivity contribution in [3.8, 4) is 11.5 Å². The van der Waals surface area contributed by atoms with Crippen LogP contribution < -0.4 is 14.8 Å². The SMILES string of the molecule is COC(=O)C(C)(O)CNc1ccc2c(c1)OC(F)(F)O2. The molecule has 1 aliphatic rings. The lowest BCUT2D eigenvalue weighted by Crippen LogP contribution is -2.42. The van der Waals surface area contributed by atoms with Gasteiger partial charge in [0.25, 0.3) is 0 Å². The molecular weight excluding hydrogens is 276 g/mol. The van der Waals surface area contributed by atoms with E-state index in [0.29, 0.717) is 5.69 Å². The highest BCUT2D eigenvalue weighted by atomic mass is 19.3. The van der Waals surface area contributed by atoms with Crippen LogP contribution in [0.25, 0.3) is 0 Å². The molecule has 1 heterocycles. The van der Waals surface area contributed by atoms with Gasteiger partial charge in [-0.1, -0.05) is 0 Å². The third-order valence-electron chi connectivity index (χ3n) is 2.66. The van der Waals surface area contributed by atoms with Crippen molar-refractivity contribution in [3.63, 3.8) is 0 Å². The van der Waals surface area contributed by atoms with E-state index in [1.165, 1.54) is 25.1 Å². The summed E-state index contributed by atoms with van der Waals surface area (Å²) in [6, 6.07) is 4.03. The van der Waals surface area contributed by atoms with Crippen molar-refractivity contribution in [2.45, 2.75) is 18.8 Å². The van der Waals surface area contributed by atoms with E-state index in [4.69, 9.17) is 0 Å². The number of rotatable bonds is 4. The number of carbonyl (C=O) groups excluding carboxylic acids is 1. The zero-order valence-electron chi connectivity index (χ0n) is 10.8. The molecule has 0 radical (unpaired) electrons. The van der Waals surface area contributed by atoms with E-state index < -0.39 is 17.9 Å². The number of aliphatic hydroxyl groups is 1. The van der Waals surface area contributed by atoms with E-state index >= 15 is 0 Å². The number of nitrogens with one attached hydrogen (secondary N) is 1. The first-order valence-electron chi connectivity index (χ1n) is 5.68. The Hall–Kier alpha value is -2.09. The predicted molar refractivity (Wildman–Crippen MR) is 63.8 cm³/mol. The molecular formula is C12H13F2NO5. The van der Waals surface area contributed by atoms with Crippen LogP contribution >= 0.6 is 0 Å². The molecule has 0 amide bonds. The number of esters is 1. The van der Waals surface area contributed by atoms with Crippen LogP contribution in [0.5, 0.6) is 11.5 Å². The summed E-state index contributed by atoms with van der Waals surface area (Å²) in [6.07, 6.45) is -3.68. The zero-order valence-corrected chi connectivity index (χ0v) is 10.8. The molecule has 0 spiro atoms. The fraction of sp³-hybridized carbons (Fsp3) is 0.417. The molecule has 1 atom stereocenters. The Kier molecular flexibility index (Phi) is 3.43. The number of hydrogen-bond acceptors (Lipinski definition) is 6. The van der Waals surface area contributed by atoms with Gasteiger partial charge >= 0.3 is 12.3 Å². The fourth-order valence-electron chi connectivity index (χ4n) is 1.63. The lowest BCUT2D eigenvalue weighted by Gasteiger charge is -2.21. The van der Waals surface area contributed by atoms with Gasteiger partial charge in [0.15, 0.2) is 17.1 Å². The van der Waals surface area contributed by atoms with Gasteiger partial charge in [0, 0.05) is 11.8 Å². The number of benzene rings is 1. The predicted octanol–water partition coefficient (Wildman–Crippen LogP) is 1.34. The topological polar surface area (TPSA) is 77.0 Å². The Bertz CT molecular complexity index is 533. The average molecular weight is 289 g/mol. The molecule has 1 aromatic carbocycles. The van der Waals surface area contributed by atoms with Crippen molar-refractivity contribution in [2.24, 2.45) is 0 Å². The maximum atomic E-state index is 12.8. The van der Waals surface area contributed by atoms with E-state index in [0.717, 1.165) is 7.11 Å². The maximum absolute atomic E-state index is 12.8. The summed E-state index contributed by atoms with van der Waals surface area (Å²) >= 11 is 0. The van der Waals surface area contributed by atoms with Crippen LogP contribution in [0.2, 0.25) is 0 Å². The monoisotopic (exact) mass is 289 g/mol. The number of hydrogen-bond donors (Lipinski definition) is 2. The van der Waals surface area contributed by atoms with E-state index in [9.17, 15) is 18.7 Å². The smallest absolute Gasteiger partial charge is 0.467 e. The van der Waals surface area contributed by atoms with Crippen LogP contribution in [0.4, 0.5) is 14.5 Å². The lowest BCUT2D eigenvalue weighted by atomic mass is 10.1. The second-order valence-corrected chi connectivity index (χ2v) is 4.45. The summed E-state index contributed by atoms with van der Waals surface area (Å²) in [5, 5.41) is 12.5. The number of ether oxygens (including phenoxy) is 3. The summed E-state index contributed by atoms with van der Waals surface area (Å²) in [5.74, 6) is -1.02. The largest absolute Gasteiger partial charge is 0.586 e. The molecule has 1 aromatic rings. The van der Waals surface area contributed by atoms with Crippen molar-refractivity contribution in [3.05, 3.63) is 18.2 Å². The number of methoxy groups -OCH3 is 1. The van der Waals surface area contributed by atoms with Gasteiger partial charge < -0.3 is 24.6 Å². The van der Waals surface area contributed by atoms with Gasteiger partial charge in [0.1, 0.15) is 0 Å². The first-order chi connectivity index (χ1) is 9.23. The third kappa shape index (κ3) is 2.90. The Labute approximate surface area is 113 Å². The minimum absolute atomic E-state index is 0.0831. The van der Waals surface area contributed by atoms with Gasteiger partial charge in [-0.15, -0.1) is 8.78 Å². The molecule has 2 rings (SSSR count). The van der Waals surface area contributed by atoms with Gasteiger partial charge in [0.2, 0.25) is 0 Å². The Morgan fingerprint density at radius 2 is 2.10 bits per heavy atom. The van der Waals surface area contributed by atoms with Gasteiger partial charge in [-0.3, -0.25) is 0 Å². The molecule has 0 bridgehead atoms. The molecule has 2 N–H and O–H groups in total. The first kappa shape index (κ1) is 14.3. The molecule has 8 heteroatoms. The van der Waals surface area contributed by atoms with Gasteiger partial charge in [-0.2, -0.15) is 0 Å². The molecule has 0 aliphatic carbocycles. The van der Waals surface area contributed by atoms with Crippen molar-refractivity contribution < 1.29 is 32.9 Å².